The lowest BCUT2D eigenvalue weighted by molar-refractivity contribution is -0.138. The molecule has 2 rings (SSSR count). The summed E-state index contributed by atoms with van der Waals surface area (Å²) in [6.07, 6.45) is 1.45. The van der Waals surface area contributed by atoms with E-state index in [1.54, 1.807) is 11.8 Å². The van der Waals surface area contributed by atoms with Crippen molar-refractivity contribution in [1.29, 1.82) is 0 Å². The first-order valence-electron chi connectivity index (χ1n) is 6.01. The van der Waals surface area contributed by atoms with Gasteiger partial charge in [0.2, 0.25) is 5.91 Å². The minimum absolute atomic E-state index is 0.0124. The fourth-order valence-electron chi connectivity index (χ4n) is 1.96. The molecule has 1 fully saturated rings. The van der Waals surface area contributed by atoms with Crippen LogP contribution < -0.4 is 11.5 Å². The standard InChI is InChI=1S/C11H17N5O3/c1-7(11(18)15-2-4-19-5-3-15)16-6-8(12)9(14-16)10(13)17/h6-7H,2-5,12H2,1H3,(H2,13,17). The first-order chi connectivity index (χ1) is 9.00. The highest BCUT2D eigenvalue weighted by Crippen LogP contribution is 2.15. The van der Waals surface area contributed by atoms with Crippen molar-refractivity contribution in [1.82, 2.24) is 14.7 Å². The molecule has 4 N–H and O–H groups in total. The molecule has 0 bridgehead atoms. The lowest BCUT2D eigenvalue weighted by atomic mass is 10.2. The second kappa shape index (κ2) is 5.27. The summed E-state index contributed by atoms with van der Waals surface area (Å²) in [6, 6.07) is -0.534. The Bertz CT molecular complexity index is 493. The number of nitrogens with two attached hydrogens (primary N) is 2. The average Bonchev–Trinajstić information content (AvgIpc) is 2.80. The Morgan fingerprint density at radius 1 is 1.42 bits per heavy atom. The van der Waals surface area contributed by atoms with E-state index in [2.05, 4.69) is 5.10 Å². The highest BCUT2D eigenvalue weighted by Gasteiger charge is 2.25. The van der Waals surface area contributed by atoms with E-state index in [1.807, 2.05) is 0 Å². The zero-order valence-electron chi connectivity index (χ0n) is 10.7. The summed E-state index contributed by atoms with van der Waals surface area (Å²) in [5, 5.41) is 3.96. The Labute approximate surface area is 110 Å². The first kappa shape index (κ1) is 13.3. The van der Waals surface area contributed by atoms with Crippen molar-refractivity contribution in [3.05, 3.63) is 11.9 Å². The number of ether oxygens (including phenoxy) is 1. The molecule has 1 aliphatic heterocycles. The van der Waals surface area contributed by atoms with Crippen LogP contribution in [-0.4, -0.2) is 52.8 Å². The maximum absolute atomic E-state index is 12.2. The zero-order valence-corrected chi connectivity index (χ0v) is 10.7. The number of rotatable bonds is 3. The molecule has 1 atom stereocenters. The van der Waals surface area contributed by atoms with Crippen LogP contribution in [-0.2, 0) is 9.53 Å². The molecule has 0 saturated carbocycles. The van der Waals surface area contributed by atoms with Crippen LogP contribution in [0.5, 0.6) is 0 Å². The van der Waals surface area contributed by atoms with Gasteiger partial charge in [-0.3, -0.25) is 14.3 Å². The monoisotopic (exact) mass is 267 g/mol. The summed E-state index contributed by atoms with van der Waals surface area (Å²) in [4.78, 5) is 25.0. The summed E-state index contributed by atoms with van der Waals surface area (Å²) in [6.45, 7) is 3.89. The first-order valence-corrected chi connectivity index (χ1v) is 6.01. The van der Waals surface area contributed by atoms with Gasteiger partial charge in [-0.1, -0.05) is 0 Å². The van der Waals surface area contributed by atoms with Gasteiger partial charge in [-0.2, -0.15) is 5.10 Å². The Morgan fingerprint density at radius 3 is 2.58 bits per heavy atom. The number of nitrogen functional groups attached to an aromatic ring is 1. The number of aromatic nitrogens is 2. The predicted molar refractivity (Wildman–Crippen MR) is 67.3 cm³/mol. The molecule has 1 aromatic rings. The van der Waals surface area contributed by atoms with Crippen molar-refractivity contribution < 1.29 is 14.3 Å². The number of primary amides is 1. The van der Waals surface area contributed by atoms with Gasteiger partial charge in [0, 0.05) is 19.3 Å². The molecular formula is C11H17N5O3. The van der Waals surface area contributed by atoms with Gasteiger partial charge >= 0.3 is 0 Å². The van der Waals surface area contributed by atoms with Gasteiger partial charge in [0.1, 0.15) is 6.04 Å². The van der Waals surface area contributed by atoms with Crippen LogP contribution in [0.25, 0.3) is 0 Å². The minimum Gasteiger partial charge on any atom is -0.396 e. The molecule has 8 heteroatoms. The van der Waals surface area contributed by atoms with Crippen molar-refractivity contribution >= 4 is 17.5 Å². The number of morpholine rings is 1. The summed E-state index contributed by atoms with van der Waals surface area (Å²) in [5.41, 5.74) is 10.9. The van der Waals surface area contributed by atoms with Crippen molar-refractivity contribution in [3.63, 3.8) is 0 Å². The SMILES string of the molecule is CC(C(=O)N1CCOCC1)n1cc(N)c(C(N)=O)n1. The van der Waals surface area contributed by atoms with Crippen molar-refractivity contribution in [3.8, 4) is 0 Å². The zero-order chi connectivity index (χ0) is 14.0. The molecule has 1 unspecified atom stereocenters. The molecule has 0 radical (unpaired) electrons. The van der Waals surface area contributed by atoms with E-state index in [-0.39, 0.29) is 17.3 Å². The third kappa shape index (κ3) is 2.68. The summed E-state index contributed by atoms with van der Waals surface area (Å²) < 4.78 is 6.56. The smallest absolute Gasteiger partial charge is 0.271 e. The number of hydrogen-bond acceptors (Lipinski definition) is 5. The maximum atomic E-state index is 12.2. The highest BCUT2D eigenvalue weighted by molar-refractivity contribution is 5.95. The third-order valence-electron chi connectivity index (χ3n) is 3.07. The normalized spacial score (nSPS) is 17.2. The van der Waals surface area contributed by atoms with Gasteiger partial charge in [-0.25, -0.2) is 0 Å². The summed E-state index contributed by atoms with van der Waals surface area (Å²) in [7, 11) is 0. The van der Waals surface area contributed by atoms with E-state index in [4.69, 9.17) is 16.2 Å². The van der Waals surface area contributed by atoms with Crippen molar-refractivity contribution in [2.45, 2.75) is 13.0 Å². The van der Waals surface area contributed by atoms with Gasteiger partial charge in [0.05, 0.1) is 18.9 Å². The molecule has 104 valence electrons. The van der Waals surface area contributed by atoms with E-state index in [0.717, 1.165) is 0 Å². The summed E-state index contributed by atoms with van der Waals surface area (Å²) in [5.74, 6) is -0.788. The Kier molecular flexibility index (Phi) is 3.70. The van der Waals surface area contributed by atoms with Crippen LogP contribution in [0.3, 0.4) is 0 Å². The number of nitrogens with zero attached hydrogens (tertiary/aromatic N) is 3. The van der Waals surface area contributed by atoms with Crippen LogP contribution in [0, 0.1) is 0 Å². The number of carbonyl (C=O) groups excluding carboxylic acids is 2. The fraction of sp³-hybridized carbons (Fsp3) is 0.545. The minimum atomic E-state index is -0.706. The largest absolute Gasteiger partial charge is 0.396 e. The summed E-state index contributed by atoms with van der Waals surface area (Å²) >= 11 is 0. The van der Waals surface area contributed by atoms with Gasteiger partial charge in [-0.15, -0.1) is 0 Å². The molecule has 0 spiro atoms. The van der Waals surface area contributed by atoms with Crippen LogP contribution in [0.4, 0.5) is 5.69 Å². The lowest BCUT2D eigenvalue weighted by Crippen LogP contribution is -2.43. The molecule has 8 nitrogen and oxygen atoms in total. The van der Waals surface area contributed by atoms with Crippen LogP contribution >= 0.6 is 0 Å². The van der Waals surface area contributed by atoms with Crippen molar-refractivity contribution in [2.24, 2.45) is 5.73 Å². The molecule has 1 aromatic heterocycles. The van der Waals surface area contributed by atoms with E-state index >= 15 is 0 Å². The van der Waals surface area contributed by atoms with Gasteiger partial charge in [-0.05, 0) is 6.92 Å². The van der Waals surface area contributed by atoms with E-state index in [9.17, 15) is 9.59 Å². The number of anilines is 1. The molecule has 0 aliphatic carbocycles. The second-order valence-electron chi connectivity index (χ2n) is 4.39. The Hall–Kier alpha value is -2.09. The molecule has 1 aliphatic rings. The second-order valence-corrected chi connectivity index (χ2v) is 4.39. The topological polar surface area (TPSA) is 116 Å². The number of hydrogen-bond donors (Lipinski definition) is 2. The van der Waals surface area contributed by atoms with Crippen LogP contribution in [0.15, 0.2) is 6.20 Å². The van der Waals surface area contributed by atoms with E-state index in [0.29, 0.717) is 26.3 Å². The molecule has 0 aromatic carbocycles. The average molecular weight is 267 g/mol. The Balaban J connectivity index is 2.14. The van der Waals surface area contributed by atoms with Crippen molar-refractivity contribution in [2.75, 3.05) is 32.0 Å². The molecule has 2 amide bonds. The number of carbonyl (C=O) groups is 2. The van der Waals surface area contributed by atoms with Gasteiger partial charge in [0.15, 0.2) is 5.69 Å². The maximum Gasteiger partial charge on any atom is 0.271 e. The molecular weight excluding hydrogens is 250 g/mol. The van der Waals surface area contributed by atoms with Crippen LogP contribution in [0.1, 0.15) is 23.5 Å². The predicted octanol–water partition coefficient (Wildman–Crippen LogP) is -1.02. The quantitative estimate of drug-likeness (QED) is 0.727. The lowest BCUT2D eigenvalue weighted by Gasteiger charge is -2.29. The molecule has 19 heavy (non-hydrogen) atoms. The number of amides is 2. The molecule has 2 heterocycles. The van der Waals surface area contributed by atoms with E-state index < -0.39 is 11.9 Å². The highest BCUT2D eigenvalue weighted by atomic mass is 16.5. The van der Waals surface area contributed by atoms with E-state index in [1.165, 1.54) is 10.9 Å². The van der Waals surface area contributed by atoms with Crippen LogP contribution in [0.2, 0.25) is 0 Å². The molecule has 1 saturated heterocycles. The fourth-order valence-corrected chi connectivity index (χ4v) is 1.96. The Morgan fingerprint density at radius 2 is 2.05 bits per heavy atom. The third-order valence-corrected chi connectivity index (χ3v) is 3.07. The van der Waals surface area contributed by atoms with Gasteiger partial charge in [0.25, 0.3) is 5.91 Å². The van der Waals surface area contributed by atoms with Gasteiger partial charge < -0.3 is 21.1 Å².